The lowest BCUT2D eigenvalue weighted by molar-refractivity contribution is -0.0551. The van der Waals surface area contributed by atoms with Crippen molar-refractivity contribution in [2.45, 2.75) is 12.6 Å². The third-order valence-corrected chi connectivity index (χ3v) is 3.03. The largest absolute Gasteiger partial charge is 0.409 e. The van der Waals surface area contributed by atoms with Gasteiger partial charge in [0.15, 0.2) is 5.84 Å². The van der Waals surface area contributed by atoms with E-state index < -0.39 is 0 Å². The van der Waals surface area contributed by atoms with Crippen molar-refractivity contribution in [1.29, 1.82) is 0 Å². The summed E-state index contributed by atoms with van der Waals surface area (Å²) in [6, 6.07) is 3.68. The average molecular weight is 266 g/mol. The van der Waals surface area contributed by atoms with Crippen molar-refractivity contribution in [1.82, 2.24) is 9.88 Å². The second kappa shape index (κ2) is 6.46. The number of aromatic nitrogens is 1. The first kappa shape index (κ1) is 13.7. The monoisotopic (exact) mass is 266 g/mol. The summed E-state index contributed by atoms with van der Waals surface area (Å²) in [7, 11) is 0. The Morgan fingerprint density at radius 3 is 3.21 bits per heavy atom. The van der Waals surface area contributed by atoms with Crippen molar-refractivity contribution in [3.8, 4) is 0 Å². The fraction of sp³-hybridized carbons (Fsp3) is 0.500. The zero-order valence-corrected chi connectivity index (χ0v) is 10.6. The number of nitrogens with zero attached hydrogens (tertiary/aromatic N) is 3. The minimum atomic E-state index is -0.126. The first-order valence-electron chi connectivity index (χ1n) is 6.10. The molecule has 0 bridgehead atoms. The quantitative estimate of drug-likeness (QED) is 0.290. The van der Waals surface area contributed by atoms with Crippen molar-refractivity contribution >= 4 is 5.84 Å². The van der Waals surface area contributed by atoms with Crippen LogP contribution in [-0.4, -0.2) is 58.4 Å². The Bertz CT molecular complexity index is 452. The molecule has 0 aromatic carbocycles. The first-order chi connectivity index (χ1) is 9.22. The number of aliphatic hydroxyl groups excluding tert-OH is 1. The molecule has 1 saturated heterocycles. The molecular weight excluding hydrogens is 248 g/mol. The predicted molar refractivity (Wildman–Crippen MR) is 68.9 cm³/mol. The zero-order chi connectivity index (χ0) is 13.7. The van der Waals surface area contributed by atoms with Crippen LogP contribution in [0.4, 0.5) is 0 Å². The molecule has 2 heterocycles. The van der Waals surface area contributed by atoms with Crippen molar-refractivity contribution in [2.75, 3.05) is 26.3 Å². The zero-order valence-electron chi connectivity index (χ0n) is 10.6. The third-order valence-electron chi connectivity index (χ3n) is 3.03. The maximum absolute atomic E-state index is 9.10. The third kappa shape index (κ3) is 3.63. The van der Waals surface area contributed by atoms with E-state index in [1.54, 1.807) is 12.3 Å². The molecule has 4 N–H and O–H groups in total. The molecule has 104 valence electrons. The maximum Gasteiger partial charge on any atom is 0.188 e. The van der Waals surface area contributed by atoms with Crippen LogP contribution in [0.15, 0.2) is 23.5 Å². The van der Waals surface area contributed by atoms with E-state index >= 15 is 0 Å². The molecular formula is C12H18N4O3. The molecule has 1 atom stereocenters. The van der Waals surface area contributed by atoms with Crippen LogP contribution in [0.1, 0.15) is 11.3 Å². The number of morpholine rings is 1. The van der Waals surface area contributed by atoms with Crippen LogP contribution in [0, 0.1) is 0 Å². The number of pyridine rings is 1. The Labute approximate surface area is 111 Å². The normalized spacial score (nSPS) is 21.5. The summed E-state index contributed by atoms with van der Waals surface area (Å²) in [5, 5.41) is 20.7. The van der Waals surface area contributed by atoms with Crippen LogP contribution in [0.3, 0.4) is 0 Å². The molecule has 7 nitrogen and oxygen atoms in total. The van der Waals surface area contributed by atoms with Crippen LogP contribution >= 0.6 is 0 Å². The fourth-order valence-electron chi connectivity index (χ4n) is 2.06. The second-order valence-electron chi connectivity index (χ2n) is 4.45. The molecule has 2 rings (SSSR count). The highest BCUT2D eigenvalue weighted by molar-refractivity contribution is 5.95. The topological polar surface area (TPSA) is 104 Å². The highest BCUT2D eigenvalue weighted by Gasteiger charge is 2.19. The van der Waals surface area contributed by atoms with E-state index in [1.165, 1.54) is 0 Å². The minimum absolute atomic E-state index is 0.00272. The number of amidine groups is 1. The standard InChI is InChI=1S/C12H18N4O3/c13-12(15-18)11-5-9(1-2-14-11)6-16-3-4-19-10(7-16)8-17/h1-2,5,10,17-18H,3-4,6-8H2,(H2,13,15). The van der Waals surface area contributed by atoms with Crippen molar-refractivity contribution < 1.29 is 15.1 Å². The smallest absolute Gasteiger partial charge is 0.188 e. The van der Waals surface area contributed by atoms with E-state index in [0.29, 0.717) is 25.4 Å². The summed E-state index contributed by atoms with van der Waals surface area (Å²) < 4.78 is 5.40. The van der Waals surface area contributed by atoms with Crippen LogP contribution < -0.4 is 5.73 Å². The summed E-state index contributed by atoms with van der Waals surface area (Å²) in [5.41, 5.74) is 6.98. The second-order valence-corrected chi connectivity index (χ2v) is 4.45. The highest BCUT2D eigenvalue weighted by atomic mass is 16.5. The van der Waals surface area contributed by atoms with Crippen LogP contribution in [0.2, 0.25) is 0 Å². The lowest BCUT2D eigenvalue weighted by Gasteiger charge is -2.31. The van der Waals surface area contributed by atoms with Gasteiger partial charge in [0.05, 0.1) is 19.3 Å². The lowest BCUT2D eigenvalue weighted by Crippen LogP contribution is -2.43. The molecule has 0 aliphatic carbocycles. The number of hydrogen-bond acceptors (Lipinski definition) is 6. The Morgan fingerprint density at radius 1 is 1.63 bits per heavy atom. The molecule has 1 unspecified atom stereocenters. The summed E-state index contributed by atoms with van der Waals surface area (Å²) in [6.45, 7) is 2.87. The Morgan fingerprint density at radius 2 is 2.47 bits per heavy atom. The minimum Gasteiger partial charge on any atom is -0.409 e. The van der Waals surface area contributed by atoms with Gasteiger partial charge in [-0.15, -0.1) is 0 Å². The van der Waals surface area contributed by atoms with Gasteiger partial charge in [0, 0.05) is 25.8 Å². The van der Waals surface area contributed by atoms with Gasteiger partial charge in [-0.3, -0.25) is 9.88 Å². The fourth-order valence-corrected chi connectivity index (χ4v) is 2.06. The van der Waals surface area contributed by atoms with E-state index in [2.05, 4.69) is 15.0 Å². The van der Waals surface area contributed by atoms with Gasteiger partial charge in [0.1, 0.15) is 5.69 Å². The average Bonchev–Trinajstić information content (AvgIpc) is 2.47. The van der Waals surface area contributed by atoms with Gasteiger partial charge in [-0.25, -0.2) is 0 Å². The molecule has 0 spiro atoms. The Hall–Kier alpha value is -1.70. The van der Waals surface area contributed by atoms with Gasteiger partial charge in [-0.05, 0) is 17.7 Å². The lowest BCUT2D eigenvalue weighted by atomic mass is 10.2. The number of nitrogens with two attached hydrogens (primary N) is 1. The van der Waals surface area contributed by atoms with E-state index in [-0.39, 0.29) is 18.5 Å². The van der Waals surface area contributed by atoms with Gasteiger partial charge in [0.25, 0.3) is 0 Å². The molecule has 1 aromatic rings. The van der Waals surface area contributed by atoms with Gasteiger partial charge >= 0.3 is 0 Å². The predicted octanol–water partition coefficient (Wildman–Crippen LogP) is -0.631. The van der Waals surface area contributed by atoms with Crippen molar-refractivity contribution in [2.24, 2.45) is 10.9 Å². The molecule has 0 radical (unpaired) electrons. The number of rotatable bonds is 4. The van der Waals surface area contributed by atoms with Crippen molar-refractivity contribution in [3.05, 3.63) is 29.6 Å². The van der Waals surface area contributed by atoms with E-state index in [0.717, 1.165) is 12.1 Å². The van der Waals surface area contributed by atoms with Crippen LogP contribution in [-0.2, 0) is 11.3 Å². The van der Waals surface area contributed by atoms with E-state index in [1.807, 2.05) is 6.07 Å². The van der Waals surface area contributed by atoms with Gasteiger partial charge < -0.3 is 20.8 Å². The highest BCUT2D eigenvalue weighted by Crippen LogP contribution is 2.11. The number of aliphatic hydroxyl groups is 1. The molecule has 1 fully saturated rings. The van der Waals surface area contributed by atoms with Crippen LogP contribution in [0.25, 0.3) is 0 Å². The first-order valence-corrected chi connectivity index (χ1v) is 6.10. The summed E-state index contributed by atoms with van der Waals surface area (Å²) in [4.78, 5) is 6.23. The number of ether oxygens (including phenoxy) is 1. The van der Waals surface area contributed by atoms with E-state index in [9.17, 15) is 0 Å². The molecule has 0 saturated carbocycles. The van der Waals surface area contributed by atoms with E-state index in [4.69, 9.17) is 20.8 Å². The van der Waals surface area contributed by atoms with Gasteiger partial charge in [0.2, 0.25) is 0 Å². The molecule has 19 heavy (non-hydrogen) atoms. The summed E-state index contributed by atoms with van der Waals surface area (Å²) >= 11 is 0. The Kier molecular flexibility index (Phi) is 4.67. The maximum atomic E-state index is 9.10. The Balaban J connectivity index is 2.02. The molecule has 0 amide bonds. The summed E-state index contributed by atoms with van der Waals surface area (Å²) in [5.74, 6) is -0.00272. The van der Waals surface area contributed by atoms with Gasteiger partial charge in [-0.1, -0.05) is 5.16 Å². The number of hydrogen-bond donors (Lipinski definition) is 3. The molecule has 7 heteroatoms. The molecule has 1 aromatic heterocycles. The van der Waals surface area contributed by atoms with Gasteiger partial charge in [-0.2, -0.15) is 0 Å². The number of oxime groups is 1. The SMILES string of the molecule is N/C(=N/O)c1cc(CN2CCOC(CO)C2)ccn1. The summed E-state index contributed by atoms with van der Waals surface area (Å²) in [6.07, 6.45) is 1.51. The van der Waals surface area contributed by atoms with Crippen LogP contribution in [0.5, 0.6) is 0 Å². The molecule has 1 aliphatic heterocycles. The molecule has 1 aliphatic rings. The van der Waals surface area contributed by atoms with Crippen molar-refractivity contribution in [3.63, 3.8) is 0 Å².